The molecule has 1 aliphatic heterocycles. The first kappa shape index (κ1) is 26.1. The van der Waals surface area contributed by atoms with Crippen molar-refractivity contribution >= 4 is 19.3 Å². The molecule has 0 aliphatic carbocycles. The Hall–Kier alpha value is -2.17. The Morgan fingerprint density at radius 1 is 1.12 bits per heavy atom. The Morgan fingerprint density at radius 2 is 1.81 bits per heavy atom. The van der Waals surface area contributed by atoms with Gasteiger partial charge in [0.15, 0.2) is 0 Å². The summed E-state index contributed by atoms with van der Waals surface area (Å²) >= 11 is 0. The SMILES string of the molecule is C#CCCCCNC(=O)Nc1ccc(C[C@H]2OC(CCN(O)[B]O)[C@@H](O)C(O)C2O)cc1. The molecule has 1 aliphatic rings. The molecule has 0 spiro atoms. The van der Waals surface area contributed by atoms with E-state index in [4.69, 9.17) is 16.2 Å². The zero-order valence-corrected chi connectivity index (χ0v) is 17.8. The highest BCUT2D eigenvalue weighted by molar-refractivity contribution is 6.20. The first-order valence-electron chi connectivity index (χ1n) is 10.6. The van der Waals surface area contributed by atoms with E-state index in [1.165, 1.54) is 0 Å². The molecule has 11 heteroatoms. The topological polar surface area (TPSA) is 155 Å². The highest BCUT2D eigenvalue weighted by Crippen LogP contribution is 2.26. The third-order valence-electron chi connectivity index (χ3n) is 5.27. The van der Waals surface area contributed by atoms with Gasteiger partial charge in [-0.15, -0.1) is 12.3 Å². The fraction of sp³-hybridized carbons (Fsp3) is 0.571. The van der Waals surface area contributed by atoms with Gasteiger partial charge in [0.25, 0.3) is 0 Å². The summed E-state index contributed by atoms with van der Waals surface area (Å²) in [5.74, 6) is 2.55. The maximum atomic E-state index is 11.9. The van der Waals surface area contributed by atoms with E-state index >= 15 is 0 Å². The predicted molar refractivity (Wildman–Crippen MR) is 118 cm³/mol. The number of rotatable bonds is 11. The molecule has 3 unspecified atom stereocenters. The fourth-order valence-electron chi connectivity index (χ4n) is 3.44. The number of nitrogens with one attached hydrogen (secondary N) is 2. The van der Waals surface area contributed by atoms with Crippen LogP contribution in [0.5, 0.6) is 0 Å². The number of hydroxylamine groups is 1. The molecule has 5 atom stereocenters. The average molecular weight is 448 g/mol. The van der Waals surface area contributed by atoms with Crippen LogP contribution in [-0.4, -0.2) is 87.8 Å². The van der Waals surface area contributed by atoms with Crippen LogP contribution in [0.2, 0.25) is 0 Å². The lowest BCUT2D eigenvalue weighted by atomic mass is 9.90. The zero-order valence-electron chi connectivity index (χ0n) is 17.8. The lowest BCUT2D eigenvalue weighted by Gasteiger charge is -2.41. The number of hydrogen-bond donors (Lipinski definition) is 7. The second kappa shape index (κ2) is 13.4. The molecule has 1 heterocycles. The van der Waals surface area contributed by atoms with Gasteiger partial charge in [-0.3, -0.25) is 0 Å². The Balaban J connectivity index is 1.86. The van der Waals surface area contributed by atoms with Gasteiger partial charge in [0.1, 0.15) is 18.3 Å². The molecule has 7 N–H and O–H groups in total. The lowest BCUT2D eigenvalue weighted by molar-refractivity contribution is -0.224. The average Bonchev–Trinajstić information content (AvgIpc) is 2.79. The molecular formula is C21H31BN3O7. The van der Waals surface area contributed by atoms with Gasteiger partial charge in [0.2, 0.25) is 0 Å². The quantitative estimate of drug-likeness (QED) is 0.105. The fourth-order valence-corrected chi connectivity index (χ4v) is 3.44. The third kappa shape index (κ3) is 8.07. The second-order valence-corrected chi connectivity index (χ2v) is 7.70. The van der Waals surface area contributed by atoms with Crippen LogP contribution < -0.4 is 10.6 Å². The minimum atomic E-state index is -1.41. The first-order valence-corrected chi connectivity index (χ1v) is 10.6. The smallest absolute Gasteiger partial charge is 0.422 e. The Bertz CT molecular complexity index is 746. The van der Waals surface area contributed by atoms with E-state index in [1.54, 1.807) is 24.3 Å². The number of unbranched alkanes of at least 4 members (excludes halogenated alkanes) is 2. The van der Waals surface area contributed by atoms with Gasteiger partial charge < -0.3 is 40.9 Å². The summed E-state index contributed by atoms with van der Waals surface area (Å²) in [6.07, 6.45) is 2.25. The zero-order chi connectivity index (χ0) is 23.5. The van der Waals surface area contributed by atoms with Crippen molar-refractivity contribution in [3.05, 3.63) is 29.8 Å². The summed E-state index contributed by atoms with van der Waals surface area (Å²) in [4.78, 5) is 12.4. The van der Waals surface area contributed by atoms with Crippen molar-refractivity contribution in [1.29, 1.82) is 0 Å². The highest BCUT2D eigenvalue weighted by atomic mass is 16.5. The third-order valence-corrected chi connectivity index (χ3v) is 5.27. The molecule has 1 aromatic carbocycles. The molecular weight excluding hydrogens is 417 g/mol. The molecule has 175 valence electrons. The van der Waals surface area contributed by atoms with Crippen LogP contribution in [0.25, 0.3) is 0 Å². The number of terminal acetylenes is 1. The molecule has 0 bridgehead atoms. The molecule has 0 aromatic heterocycles. The molecule has 0 saturated carbocycles. The summed E-state index contributed by atoms with van der Waals surface area (Å²) in [5.41, 5.74) is 1.39. The maximum absolute atomic E-state index is 11.9. The number of benzene rings is 1. The minimum absolute atomic E-state index is 0.0277. The van der Waals surface area contributed by atoms with E-state index in [-0.39, 0.29) is 25.4 Å². The largest absolute Gasteiger partial charge is 0.439 e. The number of aliphatic hydroxyl groups is 3. The normalized spacial score (nSPS) is 25.2. The van der Waals surface area contributed by atoms with Gasteiger partial charge >= 0.3 is 13.6 Å². The van der Waals surface area contributed by atoms with Crippen molar-refractivity contribution in [1.82, 2.24) is 10.3 Å². The lowest BCUT2D eigenvalue weighted by Crippen LogP contribution is -2.58. The van der Waals surface area contributed by atoms with Gasteiger partial charge in [-0.25, -0.2) is 9.77 Å². The summed E-state index contributed by atoms with van der Waals surface area (Å²) in [6.45, 7) is 0.502. The Labute approximate surface area is 188 Å². The van der Waals surface area contributed by atoms with E-state index < -0.39 is 30.5 Å². The van der Waals surface area contributed by atoms with Gasteiger partial charge in [0.05, 0.1) is 12.2 Å². The standard InChI is InChI=1S/C21H31BN3O7/c1-2-3-4-5-11-23-21(29)24-15-8-6-14(7-9-15)13-17-19(27)20(28)18(26)16(32-17)10-12-25(31)22-30/h1,6-9,16-20,26-28,30-31H,3-5,10-13H2,(H2,23,24,29)/t16?,17-,18-,19?,20?/m1/s1. The molecule has 10 nitrogen and oxygen atoms in total. The van der Waals surface area contributed by atoms with E-state index in [2.05, 4.69) is 16.6 Å². The summed E-state index contributed by atoms with van der Waals surface area (Å²) in [6, 6.07) is 6.64. The number of amides is 2. The van der Waals surface area contributed by atoms with Gasteiger partial charge in [0, 0.05) is 31.6 Å². The molecule has 1 fully saturated rings. The van der Waals surface area contributed by atoms with Crippen molar-refractivity contribution in [2.24, 2.45) is 0 Å². The number of carbonyl (C=O) groups is 1. The van der Waals surface area contributed by atoms with E-state index in [0.29, 0.717) is 31.2 Å². The van der Waals surface area contributed by atoms with Crippen LogP contribution in [0.4, 0.5) is 10.5 Å². The molecule has 1 radical (unpaired) electrons. The summed E-state index contributed by atoms with van der Waals surface area (Å²) in [7, 11) is 0.479. The van der Waals surface area contributed by atoms with Gasteiger partial charge in [-0.2, -0.15) is 0 Å². The second-order valence-electron chi connectivity index (χ2n) is 7.70. The molecule has 2 rings (SSSR count). The van der Waals surface area contributed by atoms with Crippen LogP contribution in [0.3, 0.4) is 0 Å². The van der Waals surface area contributed by atoms with Crippen molar-refractivity contribution in [3.63, 3.8) is 0 Å². The van der Waals surface area contributed by atoms with E-state index in [9.17, 15) is 25.3 Å². The maximum Gasteiger partial charge on any atom is 0.422 e. The Morgan fingerprint density at radius 3 is 2.47 bits per heavy atom. The number of aliphatic hydroxyl groups excluding tert-OH is 3. The number of urea groups is 1. The van der Waals surface area contributed by atoms with E-state index in [0.717, 1.165) is 18.4 Å². The van der Waals surface area contributed by atoms with Crippen molar-refractivity contribution in [2.75, 3.05) is 18.4 Å². The van der Waals surface area contributed by atoms with Gasteiger partial charge in [-0.05, 0) is 37.0 Å². The molecule has 1 saturated heterocycles. The number of nitrogens with zero attached hydrogens (tertiary/aromatic N) is 1. The van der Waals surface area contributed by atoms with Crippen LogP contribution in [-0.2, 0) is 11.2 Å². The van der Waals surface area contributed by atoms with Crippen LogP contribution in [0.15, 0.2) is 24.3 Å². The number of carbonyl (C=O) groups excluding carboxylic acids is 1. The first-order chi connectivity index (χ1) is 15.3. The minimum Gasteiger partial charge on any atom is -0.439 e. The van der Waals surface area contributed by atoms with E-state index in [1.807, 2.05) is 0 Å². The monoisotopic (exact) mass is 448 g/mol. The number of anilines is 1. The van der Waals surface area contributed by atoms with Crippen molar-refractivity contribution in [3.8, 4) is 12.3 Å². The van der Waals surface area contributed by atoms with Crippen LogP contribution in [0.1, 0.15) is 31.2 Å². The van der Waals surface area contributed by atoms with Crippen LogP contribution >= 0.6 is 0 Å². The van der Waals surface area contributed by atoms with Crippen molar-refractivity contribution < 1.29 is 35.1 Å². The van der Waals surface area contributed by atoms with Crippen molar-refractivity contribution in [2.45, 2.75) is 62.6 Å². The van der Waals surface area contributed by atoms with Crippen LogP contribution in [0, 0.1) is 12.3 Å². The predicted octanol–water partition coefficient (Wildman–Crippen LogP) is -0.388. The molecule has 1 aromatic rings. The number of ether oxygens (including phenoxy) is 1. The number of hydrogen-bond acceptors (Lipinski definition) is 8. The molecule has 2 amide bonds. The Kier molecular flexibility index (Phi) is 10.9. The summed E-state index contributed by atoms with van der Waals surface area (Å²) in [5, 5.41) is 54.1. The molecule has 32 heavy (non-hydrogen) atoms. The summed E-state index contributed by atoms with van der Waals surface area (Å²) < 4.78 is 5.76. The van der Waals surface area contributed by atoms with Gasteiger partial charge in [-0.1, -0.05) is 12.1 Å². The highest BCUT2D eigenvalue weighted by Gasteiger charge is 2.43.